The molecule has 29 heavy (non-hydrogen) atoms. The first-order valence-corrected chi connectivity index (χ1v) is 10.2. The number of rotatable bonds is 6. The SMILES string of the molecule is CCOC(=O)COc1ccc(Cl)cc1C(=O)c1cccc(C#CC2CCCC2)c1. The Morgan fingerprint density at radius 3 is 2.69 bits per heavy atom. The Balaban J connectivity index is 1.81. The second-order valence-electron chi connectivity index (χ2n) is 6.89. The molecule has 0 aromatic heterocycles. The lowest BCUT2D eigenvalue weighted by Gasteiger charge is -2.11. The van der Waals surface area contributed by atoms with Gasteiger partial charge in [0.2, 0.25) is 0 Å². The summed E-state index contributed by atoms with van der Waals surface area (Å²) < 4.78 is 10.4. The van der Waals surface area contributed by atoms with E-state index in [0.29, 0.717) is 22.1 Å². The van der Waals surface area contributed by atoms with Crippen molar-refractivity contribution in [2.24, 2.45) is 5.92 Å². The van der Waals surface area contributed by atoms with Gasteiger partial charge in [-0.3, -0.25) is 4.79 Å². The molecule has 0 spiro atoms. The first-order valence-electron chi connectivity index (χ1n) is 9.81. The van der Waals surface area contributed by atoms with Crippen LogP contribution in [0.3, 0.4) is 0 Å². The fourth-order valence-electron chi connectivity index (χ4n) is 3.29. The zero-order valence-corrected chi connectivity index (χ0v) is 17.1. The third-order valence-corrected chi connectivity index (χ3v) is 4.97. The molecular weight excluding hydrogens is 388 g/mol. The van der Waals surface area contributed by atoms with Crippen molar-refractivity contribution in [3.63, 3.8) is 0 Å². The summed E-state index contributed by atoms with van der Waals surface area (Å²) in [6.45, 7) is 1.71. The standard InChI is InChI=1S/C24H23ClO4/c1-2-28-23(26)16-29-22-13-12-20(25)15-21(22)24(27)19-9-5-8-18(14-19)11-10-17-6-3-4-7-17/h5,8-9,12-15,17H,2-4,6-7,16H2,1H3. The van der Waals surface area contributed by atoms with Gasteiger partial charge in [-0.15, -0.1) is 0 Å². The number of halogens is 1. The van der Waals surface area contributed by atoms with Gasteiger partial charge in [-0.25, -0.2) is 4.79 Å². The lowest BCUT2D eigenvalue weighted by atomic mass is 10.00. The molecule has 1 fully saturated rings. The highest BCUT2D eigenvalue weighted by Gasteiger charge is 2.17. The van der Waals surface area contributed by atoms with E-state index in [-0.39, 0.29) is 24.7 Å². The van der Waals surface area contributed by atoms with Crippen LogP contribution in [0.15, 0.2) is 42.5 Å². The van der Waals surface area contributed by atoms with E-state index in [1.165, 1.54) is 12.8 Å². The fraction of sp³-hybridized carbons (Fsp3) is 0.333. The minimum Gasteiger partial charge on any atom is -0.481 e. The largest absolute Gasteiger partial charge is 0.481 e. The van der Waals surface area contributed by atoms with Gasteiger partial charge in [0, 0.05) is 22.1 Å². The van der Waals surface area contributed by atoms with Crippen LogP contribution in [0.5, 0.6) is 5.75 Å². The summed E-state index contributed by atoms with van der Waals surface area (Å²) in [4.78, 5) is 24.7. The molecule has 3 rings (SSSR count). The lowest BCUT2D eigenvalue weighted by molar-refractivity contribution is -0.145. The van der Waals surface area contributed by atoms with E-state index >= 15 is 0 Å². The van der Waals surface area contributed by atoms with E-state index in [0.717, 1.165) is 18.4 Å². The lowest BCUT2D eigenvalue weighted by Crippen LogP contribution is -2.16. The monoisotopic (exact) mass is 410 g/mol. The van der Waals surface area contributed by atoms with Crippen molar-refractivity contribution in [2.45, 2.75) is 32.6 Å². The van der Waals surface area contributed by atoms with Crippen LogP contribution in [-0.2, 0) is 9.53 Å². The molecule has 1 aliphatic carbocycles. The number of hydrogen-bond acceptors (Lipinski definition) is 4. The Hall–Kier alpha value is -2.77. The van der Waals surface area contributed by atoms with E-state index < -0.39 is 5.97 Å². The molecular formula is C24H23ClO4. The number of carbonyl (C=O) groups excluding carboxylic acids is 2. The fourth-order valence-corrected chi connectivity index (χ4v) is 3.47. The van der Waals surface area contributed by atoms with Crippen molar-refractivity contribution in [2.75, 3.05) is 13.2 Å². The molecule has 150 valence electrons. The molecule has 4 nitrogen and oxygen atoms in total. The van der Waals surface area contributed by atoms with Gasteiger partial charge >= 0.3 is 5.97 Å². The Bertz CT molecular complexity index is 949. The molecule has 0 radical (unpaired) electrons. The van der Waals surface area contributed by atoms with Gasteiger partial charge in [-0.05, 0) is 50.1 Å². The molecule has 1 aliphatic rings. The van der Waals surface area contributed by atoms with E-state index in [4.69, 9.17) is 21.1 Å². The average Bonchev–Trinajstić information content (AvgIpc) is 3.25. The Labute approximate surface area is 176 Å². The molecule has 0 N–H and O–H groups in total. The topological polar surface area (TPSA) is 52.6 Å². The van der Waals surface area contributed by atoms with Gasteiger partial charge in [0.25, 0.3) is 0 Å². The zero-order valence-electron chi connectivity index (χ0n) is 16.4. The maximum absolute atomic E-state index is 13.1. The van der Waals surface area contributed by atoms with Crippen molar-refractivity contribution in [3.8, 4) is 17.6 Å². The molecule has 2 aromatic rings. The average molecular weight is 411 g/mol. The molecule has 0 bridgehead atoms. The van der Waals surface area contributed by atoms with Gasteiger partial charge < -0.3 is 9.47 Å². The number of ether oxygens (including phenoxy) is 2. The first-order chi connectivity index (χ1) is 14.1. The molecule has 0 saturated heterocycles. The van der Waals surface area contributed by atoms with Crippen molar-refractivity contribution in [1.29, 1.82) is 0 Å². The first kappa shape index (κ1) is 21.0. The highest BCUT2D eigenvalue weighted by molar-refractivity contribution is 6.31. The molecule has 1 saturated carbocycles. The van der Waals surface area contributed by atoms with Crippen LogP contribution >= 0.6 is 11.6 Å². The summed E-state index contributed by atoms with van der Waals surface area (Å²) >= 11 is 6.09. The van der Waals surface area contributed by atoms with Crippen LogP contribution in [0, 0.1) is 17.8 Å². The van der Waals surface area contributed by atoms with Crippen molar-refractivity contribution < 1.29 is 19.1 Å². The van der Waals surface area contributed by atoms with Crippen LogP contribution in [0.1, 0.15) is 54.1 Å². The number of hydrogen-bond donors (Lipinski definition) is 0. The van der Waals surface area contributed by atoms with Crippen molar-refractivity contribution >= 4 is 23.4 Å². The molecule has 0 amide bonds. The molecule has 0 unspecified atom stereocenters. The quantitative estimate of drug-likeness (QED) is 0.379. The van der Waals surface area contributed by atoms with E-state index in [2.05, 4.69) is 11.8 Å². The van der Waals surface area contributed by atoms with Crippen LogP contribution in [-0.4, -0.2) is 25.0 Å². The number of benzene rings is 2. The van der Waals surface area contributed by atoms with Gasteiger partial charge in [-0.2, -0.15) is 0 Å². The highest BCUT2D eigenvalue weighted by atomic mass is 35.5. The normalized spacial score (nSPS) is 13.4. The Kier molecular flexibility index (Phi) is 7.32. The Morgan fingerprint density at radius 1 is 1.14 bits per heavy atom. The molecule has 0 heterocycles. The molecule has 0 atom stereocenters. The van der Waals surface area contributed by atoms with Crippen LogP contribution in [0.2, 0.25) is 5.02 Å². The second kappa shape index (κ2) is 10.1. The van der Waals surface area contributed by atoms with Gasteiger partial charge in [0.1, 0.15) is 5.75 Å². The number of esters is 1. The van der Waals surface area contributed by atoms with E-state index in [1.807, 2.05) is 12.1 Å². The van der Waals surface area contributed by atoms with Crippen molar-refractivity contribution in [1.82, 2.24) is 0 Å². The molecule has 5 heteroatoms. The Morgan fingerprint density at radius 2 is 1.93 bits per heavy atom. The van der Waals surface area contributed by atoms with Crippen molar-refractivity contribution in [3.05, 3.63) is 64.2 Å². The molecule has 0 aliphatic heterocycles. The van der Waals surface area contributed by atoms with Crippen LogP contribution < -0.4 is 4.74 Å². The van der Waals surface area contributed by atoms with Gasteiger partial charge in [0.05, 0.1) is 12.2 Å². The smallest absolute Gasteiger partial charge is 0.344 e. The highest BCUT2D eigenvalue weighted by Crippen LogP contribution is 2.26. The minimum absolute atomic E-state index is 0.240. The van der Waals surface area contributed by atoms with Crippen LogP contribution in [0.4, 0.5) is 0 Å². The van der Waals surface area contributed by atoms with Crippen LogP contribution in [0.25, 0.3) is 0 Å². The summed E-state index contributed by atoms with van der Waals surface area (Å²) in [7, 11) is 0. The van der Waals surface area contributed by atoms with E-state index in [9.17, 15) is 9.59 Å². The summed E-state index contributed by atoms with van der Waals surface area (Å²) in [6.07, 6.45) is 4.77. The predicted molar refractivity (Wildman–Crippen MR) is 112 cm³/mol. The maximum Gasteiger partial charge on any atom is 0.344 e. The summed E-state index contributed by atoms with van der Waals surface area (Å²) in [5, 5.41) is 0.411. The van der Waals surface area contributed by atoms with E-state index in [1.54, 1.807) is 37.3 Å². The third kappa shape index (κ3) is 5.85. The number of ketones is 1. The maximum atomic E-state index is 13.1. The van der Waals surface area contributed by atoms with Gasteiger partial charge in [-0.1, -0.05) is 48.4 Å². The molecule has 2 aromatic carbocycles. The second-order valence-corrected chi connectivity index (χ2v) is 7.33. The minimum atomic E-state index is -0.495. The number of carbonyl (C=O) groups is 2. The zero-order chi connectivity index (χ0) is 20.6. The summed E-state index contributed by atoms with van der Waals surface area (Å²) in [5.74, 6) is 6.50. The summed E-state index contributed by atoms with van der Waals surface area (Å²) in [5.41, 5.74) is 1.59. The third-order valence-electron chi connectivity index (χ3n) is 4.74. The van der Waals surface area contributed by atoms with Gasteiger partial charge in [0.15, 0.2) is 12.4 Å². The predicted octanol–water partition coefficient (Wildman–Crippen LogP) is 5.05. The summed E-state index contributed by atoms with van der Waals surface area (Å²) in [6, 6.07) is 12.0.